The van der Waals surface area contributed by atoms with E-state index in [4.69, 9.17) is 5.11 Å². The second kappa shape index (κ2) is 5.26. The summed E-state index contributed by atoms with van der Waals surface area (Å²) in [6.45, 7) is 2.33. The van der Waals surface area contributed by atoms with Gasteiger partial charge in [-0.05, 0) is 31.0 Å². The third kappa shape index (κ3) is 3.01. The molecule has 6 heteroatoms. The fraction of sp³-hybridized carbons (Fsp3) is 0.385. The lowest BCUT2D eigenvalue weighted by Gasteiger charge is -2.17. The van der Waals surface area contributed by atoms with E-state index in [2.05, 4.69) is 5.32 Å². The van der Waals surface area contributed by atoms with Crippen LogP contribution in [0.25, 0.3) is 0 Å². The molecule has 0 spiro atoms. The highest BCUT2D eigenvalue weighted by Crippen LogP contribution is 2.20. The van der Waals surface area contributed by atoms with Crippen molar-refractivity contribution in [3.63, 3.8) is 0 Å². The number of aryl methyl sites for hydroxylation is 1. The lowest BCUT2D eigenvalue weighted by Crippen LogP contribution is -2.34. The summed E-state index contributed by atoms with van der Waals surface area (Å²) in [4.78, 5) is 24.1. The normalized spacial score (nSPS) is 18.4. The number of hydrogen-bond donors (Lipinski definition) is 2. The molecule has 2 rings (SSSR count). The van der Waals surface area contributed by atoms with E-state index in [0.29, 0.717) is 13.0 Å². The molecule has 1 aromatic rings. The predicted molar refractivity (Wildman–Crippen MR) is 67.5 cm³/mol. The molecule has 0 aromatic heterocycles. The minimum Gasteiger partial charge on any atom is -0.481 e. The molecule has 0 radical (unpaired) electrons. The minimum absolute atomic E-state index is 0.115. The van der Waals surface area contributed by atoms with Crippen molar-refractivity contribution < 1.29 is 19.1 Å². The lowest BCUT2D eigenvalue weighted by molar-refractivity contribution is -0.141. The van der Waals surface area contributed by atoms with Crippen molar-refractivity contribution in [1.82, 2.24) is 4.90 Å². The summed E-state index contributed by atoms with van der Waals surface area (Å²) in [6, 6.07) is 3.97. The van der Waals surface area contributed by atoms with Crippen LogP contribution in [-0.4, -0.2) is 35.1 Å². The van der Waals surface area contributed by atoms with Crippen LogP contribution in [0.15, 0.2) is 18.2 Å². The van der Waals surface area contributed by atoms with E-state index >= 15 is 0 Å². The number of carbonyl (C=O) groups is 2. The number of rotatable bonds is 2. The molecule has 1 heterocycles. The zero-order valence-electron chi connectivity index (χ0n) is 10.5. The zero-order valence-corrected chi connectivity index (χ0v) is 10.5. The van der Waals surface area contributed by atoms with Gasteiger partial charge in [-0.15, -0.1) is 0 Å². The number of halogens is 1. The Balaban J connectivity index is 2.02. The number of hydrogen-bond acceptors (Lipinski definition) is 2. The Bertz CT molecular complexity index is 519. The largest absolute Gasteiger partial charge is 0.481 e. The van der Waals surface area contributed by atoms with Crippen molar-refractivity contribution in [1.29, 1.82) is 0 Å². The van der Waals surface area contributed by atoms with Gasteiger partial charge in [0.25, 0.3) is 0 Å². The van der Waals surface area contributed by atoms with Crippen LogP contribution < -0.4 is 5.32 Å². The maximum absolute atomic E-state index is 13.5. The number of nitrogens with zero attached hydrogens (tertiary/aromatic N) is 1. The van der Waals surface area contributed by atoms with Gasteiger partial charge >= 0.3 is 12.0 Å². The van der Waals surface area contributed by atoms with Crippen LogP contribution >= 0.6 is 0 Å². The first kappa shape index (κ1) is 13.3. The Morgan fingerprint density at radius 1 is 1.47 bits per heavy atom. The zero-order chi connectivity index (χ0) is 14.0. The molecule has 2 amide bonds. The quantitative estimate of drug-likeness (QED) is 0.861. The van der Waals surface area contributed by atoms with Crippen LogP contribution in [0.4, 0.5) is 14.9 Å². The molecule has 1 saturated heterocycles. The van der Waals surface area contributed by atoms with Crippen LogP contribution in [0.5, 0.6) is 0 Å². The van der Waals surface area contributed by atoms with E-state index in [1.165, 1.54) is 17.0 Å². The maximum Gasteiger partial charge on any atom is 0.321 e. The van der Waals surface area contributed by atoms with Crippen molar-refractivity contribution in [2.45, 2.75) is 13.3 Å². The molecule has 1 unspecified atom stereocenters. The molecule has 1 aliphatic heterocycles. The van der Waals surface area contributed by atoms with Gasteiger partial charge in [-0.2, -0.15) is 0 Å². The third-order valence-corrected chi connectivity index (χ3v) is 3.19. The summed E-state index contributed by atoms with van der Waals surface area (Å²) >= 11 is 0. The number of carboxylic acids is 1. The number of urea groups is 1. The van der Waals surface area contributed by atoms with Gasteiger partial charge in [0.05, 0.1) is 11.6 Å². The number of likely N-dealkylation sites (tertiary alicyclic amines) is 1. The van der Waals surface area contributed by atoms with Crippen molar-refractivity contribution in [2.75, 3.05) is 18.4 Å². The second-order valence-electron chi connectivity index (χ2n) is 4.68. The van der Waals surface area contributed by atoms with E-state index in [1.54, 1.807) is 13.0 Å². The Labute approximate surface area is 110 Å². The Morgan fingerprint density at radius 3 is 2.84 bits per heavy atom. The van der Waals surface area contributed by atoms with Crippen molar-refractivity contribution in [3.8, 4) is 0 Å². The molecule has 1 aliphatic rings. The van der Waals surface area contributed by atoms with Gasteiger partial charge in [-0.3, -0.25) is 4.79 Å². The first-order valence-electron chi connectivity index (χ1n) is 6.02. The minimum atomic E-state index is -0.906. The average molecular weight is 266 g/mol. The van der Waals surface area contributed by atoms with Crippen molar-refractivity contribution in [3.05, 3.63) is 29.6 Å². The van der Waals surface area contributed by atoms with Crippen LogP contribution in [0.2, 0.25) is 0 Å². The van der Waals surface area contributed by atoms with Gasteiger partial charge in [-0.1, -0.05) is 6.07 Å². The monoisotopic (exact) mass is 266 g/mol. The van der Waals surface area contributed by atoms with Gasteiger partial charge < -0.3 is 15.3 Å². The second-order valence-corrected chi connectivity index (χ2v) is 4.68. The Kier molecular flexibility index (Phi) is 3.69. The molecule has 1 fully saturated rings. The molecule has 0 saturated carbocycles. The lowest BCUT2D eigenvalue weighted by atomic mass is 10.1. The van der Waals surface area contributed by atoms with E-state index in [-0.39, 0.29) is 12.2 Å². The molecule has 0 aliphatic carbocycles. The van der Waals surface area contributed by atoms with E-state index < -0.39 is 23.7 Å². The molecular weight excluding hydrogens is 251 g/mol. The fourth-order valence-electron chi connectivity index (χ4n) is 2.08. The Morgan fingerprint density at radius 2 is 2.21 bits per heavy atom. The van der Waals surface area contributed by atoms with Gasteiger partial charge in [-0.25, -0.2) is 9.18 Å². The van der Waals surface area contributed by atoms with E-state index in [0.717, 1.165) is 5.56 Å². The van der Waals surface area contributed by atoms with Gasteiger partial charge in [0, 0.05) is 13.1 Å². The number of carbonyl (C=O) groups excluding carboxylic acids is 1. The third-order valence-electron chi connectivity index (χ3n) is 3.19. The number of amides is 2. The summed E-state index contributed by atoms with van der Waals surface area (Å²) in [5, 5.41) is 11.3. The topological polar surface area (TPSA) is 69.6 Å². The maximum atomic E-state index is 13.5. The number of carboxylic acid groups (broad SMARTS) is 1. The van der Waals surface area contributed by atoms with Crippen LogP contribution in [0.3, 0.4) is 0 Å². The molecule has 5 nitrogen and oxygen atoms in total. The first-order chi connectivity index (χ1) is 8.97. The molecule has 19 heavy (non-hydrogen) atoms. The van der Waals surface area contributed by atoms with Crippen molar-refractivity contribution in [2.24, 2.45) is 5.92 Å². The summed E-state index contributed by atoms with van der Waals surface area (Å²) in [6.07, 6.45) is 0.430. The standard InChI is InChI=1S/C13H15FN2O3/c1-8-2-3-10(14)11(6-8)15-13(19)16-5-4-9(7-16)12(17)18/h2-3,6,9H,4-5,7H2,1H3,(H,15,19)(H,17,18). The molecule has 102 valence electrons. The smallest absolute Gasteiger partial charge is 0.321 e. The summed E-state index contributed by atoms with van der Waals surface area (Å²) in [5.74, 6) is -1.95. The first-order valence-corrected chi connectivity index (χ1v) is 6.02. The highest BCUT2D eigenvalue weighted by molar-refractivity contribution is 5.90. The number of benzene rings is 1. The van der Waals surface area contributed by atoms with Crippen LogP contribution in [0, 0.1) is 18.7 Å². The molecular formula is C13H15FN2O3. The summed E-state index contributed by atoms with van der Waals surface area (Å²) < 4.78 is 13.5. The molecule has 1 aromatic carbocycles. The van der Waals surface area contributed by atoms with Crippen LogP contribution in [0.1, 0.15) is 12.0 Å². The highest BCUT2D eigenvalue weighted by Gasteiger charge is 2.31. The SMILES string of the molecule is Cc1ccc(F)c(NC(=O)N2CCC(C(=O)O)C2)c1. The average Bonchev–Trinajstić information content (AvgIpc) is 2.83. The van der Waals surface area contributed by atoms with E-state index in [1.807, 2.05) is 0 Å². The molecule has 2 N–H and O–H groups in total. The van der Waals surface area contributed by atoms with Crippen molar-refractivity contribution >= 4 is 17.7 Å². The van der Waals surface area contributed by atoms with Gasteiger partial charge in [0.2, 0.25) is 0 Å². The molecule has 1 atom stereocenters. The molecule has 0 bridgehead atoms. The number of anilines is 1. The summed E-state index contributed by atoms with van der Waals surface area (Å²) in [5.41, 5.74) is 0.949. The summed E-state index contributed by atoms with van der Waals surface area (Å²) in [7, 11) is 0. The fourth-order valence-corrected chi connectivity index (χ4v) is 2.08. The van der Waals surface area contributed by atoms with Gasteiger partial charge in [0.15, 0.2) is 0 Å². The predicted octanol–water partition coefficient (Wildman–Crippen LogP) is 2.07. The van der Waals surface area contributed by atoms with E-state index in [9.17, 15) is 14.0 Å². The Hall–Kier alpha value is -2.11. The van der Waals surface area contributed by atoms with Gasteiger partial charge in [0.1, 0.15) is 5.82 Å². The number of aliphatic carboxylic acids is 1. The highest BCUT2D eigenvalue weighted by atomic mass is 19.1. The van der Waals surface area contributed by atoms with Crippen LogP contribution in [-0.2, 0) is 4.79 Å². The number of nitrogens with one attached hydrogen (secondary N) is 1.